The van der Waals surface area contributed by atoms with Gasteiger partial charge in [0.05, 0.1) is 11.7 Å². The van der Waals surface area contributed by atoms with Gasteiger partial charge in [0.25, 0.3) is 0 Å². The number of nitrogens with two attached hydrogens (primary N) is 1. The summed E-state index contributed by atoms with van der Waals surface area (Å²) in [5.74, 6) is -0.302. The summed E-state index contributed by atoms with van der Waals surface area (Å²) in [6.45, 7) is 7.37. The van der Waals surface area contributed by atoms with Crippen molar-refractivity contribution in [1.82, 2.24) is 15.1 Å². The molecule has 0 spiro atoms. The van der Waals surface area contributed by atoms with Gasteiger partial charge in [-0.2, -0.15) is 5.10 Å². The van der Waals surface area contributed by atoms with Crippen molar-refractivity contribution < 1.29 is 4.79 Å². The second-order valence-electron chi connectivity index (χ2n) is 3.95. The van der Waals surface area contributed by atoms with E-state index in [1.54, 1.807) is 0 Å². The number of nitrogens with one attached hydrogen (secondary N) is 1. The molecule has 0 fully saturated rings. The van der Waals surface area contributed by atoms with E-state index in [9.17, 15) is 4.79 Å². The Kier molecular flexibility index (Phi) is 4.49. The largest absolute Gasteiger partial charge is 0.368 e. The van der Waals surface area contributed by atoms with Crippen LogP contribution in [0, 0.1) is 13.8 Å². The molecule has 1 aromatic heterocycles. The molecule has 1 aromatic rings. The van der Waals surface area contributed by atoms with Gasteiger partial charge in [-0.1, -0.05) is 6.92 Å². The van der Waals surface area contributed by atoms with Crippen LogP contribution in [0.5, 0.6) is 0 Å². The monoisotopic (exact) mass is 224 g/mol. The second-order valence-corrected chi connectivity index (χ2v) is 3.95. The SMILES string of the molecule is CCNC(CCn1nc(C)cc1C)C(N)=O. The average Bonchev–Trinajstić information content (AvgIpc) is 2.51. The Balaban J connectivity index is 2.55. The molecule has 1 unspecified atom stereocenters. The van der Waals surface area contributed by atoms with Crippen LogP contribution >= 0.6 is 0 Å². The van der Waals surface area contributed by atoms with E-state index in [1.807, 2.05) is 31.5 Å². The first-order valence-corrected chi connectivity index (χ1v) is 5.58. The number of amides is 1. The summed E-state index contributed by atoms with van der Waals surface area (Å²) in [4.78, 5) is 11.1. The van der Waals surface area contributed by atoms with E-state index in [2.05, 4.69) is 10.4 Å². The zero-order valence-corrected chi connectivity index (χ0v) is 10.2. The molecule has 3 N–H and O–H groups in total. The maximum Gasteiger partial charge on any atom is 0.234 e. The van der Waals surface area contributed by atoms with Crippen LogP contribution < -0.4 is 11.1 Å². The minimum Gasteiger partial charge on any atom is -0.368 e. The summed E-state index contributed by atoms with van der Waals surface area (Å²) in [7, 11) is 0. The van der Waals surface area contributed by atoms with Gasteiger partial charge in [-0.05, 0) is 32.9 Å². The van der Waals surface area contributed by atoms with Crippen LogP contribution in [0.4, 0.5) is 0 Å². The fourth-order valence-electron chi connectivity index (χ4n) is 1.74. The summed E-state index contributed by atoms with van der Waals surface area (Å²) in [5.41, 5.74) is 7.40. The fraction of sp³-hybridized carbons (Fsp3) is 0.636. The van der Waals surface area contributed by atoms with Crippen molar-refractivity contribution in [1.29, 1.82) is 0 Å². The number of rotatable bonds is 6. The third-order valence-corrected chi connectivity index (χ3v) is 2.53. The van der Waals surface area contributed by atoms with Crippen molar-refractivity contribution in [2.24, 2.45) is 5.73 Å². The molecule has 0 saturated heterocycles. The molecule has 0 aliphatic carbocycles. The average molecular weight is 224 g/mol. The van der Waals surface area contributed by atoms with E-state index in [-0.39, 0.29) is 11.9 Å². The molecular formula is C11H20N4O. The Morgan fingerprint density at radius 1 is 1.62 bits per heavy atom. The van der Waals surface area contributed by atoms with Crippen LogP contribution in [0.15, 0.2) is 6.07 Å². The number of aryl methyl sites for hydroxylation is 3. The lowest BCUT2D eigenvalue weighted by Gasteiger charge is -2.14. The Morgan fingerprint density at radius 2 is 2.31 bits per heavy atom. The first-order valence-electron chi connectivity index (χ1n) is 5.58. The predicted octanol–water partition coefficient (Wildman–Crippen LogP) is 0.353. The molecule has 5 heteroatoms. The first kappa shape index (κ1) is 12.7. The van der Waals surface area contributed by atoms with Gasteiger partial charge in [0, 0.05) is 12.2 Å². The summed E-state index contributed by atoms with van der Waals surface area (Å²) >= 11 is 0. The Labute approximate surface area is 96.0 Å². The fourth-order valence-corrected chi connectivity index (χ4v) is 1.74. The van der Waals surface area contributed by atoms with Crippen molar-refractivity contribution in [3.05, 3.63) is 17.5 Å². The van der Waals surface area contributed by atoms with Gasteiger partial charge in [0.15, 0.2) is 0 Å². The first-order chi connectivity index (χ1) is 7.54. The zero-order chi connectivity index (χ0) is 12.1. The highest BCUT2D eigenvalue weighted by Crippen LogP contribution is 2.04. The molecule has 0 radical (unpaired) electrons. The predicted molar refractivity (Wildman–Crippen MR) is 63.0 cm³/mol. The molecule has 0 aliphatic rings. The van der Waals surface area contributed by atoms with Crippen molar-refractivity contribution in [2.45, 2.75) is 39.8 Å². The van der Waals surface area contributed by atoms with Crippen LogP contribution in [0.1, 0.15) is 24.7 Å². The maximum absolute atomic E-state index is 11.1. The molecule has 0 saturated carbocycles. The van der Waals surface area contributed by atoms with E-state index in [1.165, 1.54) is 0 Å². The Morgan fingerprint density at radius 3 is 2.75 bits per heavy atom. The summed E-state index contributed by atoms with van der Waals surface area (Å²) < 4.78 is 1.91. The lowest BCUT2D eigenvalue weighted by molar-refractivity contribution is -0.120. The molecule has 1 atom stereocenters. The highest BCUT2D eigenvalue weighted by Gasteiger charge is 2.14. The van der Waals surface area contributed by atoms with Crippen molar-refractivity contribution >= 4 is 5.91 Å². The highest BCUT2D eigenvalue weighted by molar-refractivity contribution is 5.79. The van der Waals surface area contributed by atoms with E-state index >= 15 is 0 Å². The lowest BCUT2D eigenvalue weighted by Crippen LogP contribution is -2.41. The molecule has 1 amide bonds. The summed E-state index contributed by atoms with van der Waals surface area (Å²) in [6.07, 6.45) is 0.672. The number of hydrogen-bond acceptors (Lipinski definition) is 3. The van der Waals surface area contributed by atoms with Gasteiger partial charge in [0.2, 0.25) is 5.91 Å². The number of likely N-dealkylation sites (N-methyl/N-ethyl adjacent to an activating group) is 1. The quantitative estimate of drug-likeness (QED) is 0.732. The zero-order valence-electron chi connectivity index (χ0n) is 10.2. The van der Waals surface area contributed by atoms with Crippen molar-refractivity contribution in [3.63, 3.8) is 0 Å². The number of carbonyl (C=O) groups is 1. The molecule has 90 valence electrons. The third-order valence-electron chi connectivity index (χ3n) is 2.53. The standard InChI is InChI=1S/C11H20N4O/c1-4-13-10(11(12)16)5-6-15-9(3)7-8(2)14-15/h7,10,13H,4-6H2,1-3H3,(H2,12,16). The van der Waals surface area contributed by atoms with Gasteiger partial charge in [-0.3, -0.25) is 9.48 Å². The van der Waals surface area contributed by atoms with Gasteiger partial charge in [-0.25, -0.2) is 0 Å². The second kappa shape index (κ2) is 5.65. The van der Waals surface area contributed by atoms with Crippen LogP contribution in [-0.2, 0) is 11.3 Å². The van der Waals surface area contributed by atoms with Crippen molar-refractivity contribution in [2.75, 3.05) is 6.54 Å². The van der Waals surface area contributed by atoms with Gasteiger partial charge in [0.1, 0.15) is 0 Å². The third kappa shape index (κ3) is 3.34. The smallest absolute Gasteiger partial charge is 0.234 e. The molecule has 16 heavy (non-hydrogen) atoms. The van der Waals surface area contributed by atoms with Gasteiger partial charge >= 0.3 is 0 Å². The van der Waals surface area contributed by atoms with E-state index in [0.29, 0.717) is 13.0 Å². The molecule has 1 rings (SSSR count). The molecule has 0 aromatic carbocycles. The van der Waals surface area contributed by atoms with Gasteiger partial charge < -0.3 is 11.1 Å². The molecule has 0 aliphatic heterocycles. The number of hydrogen-bond donors (Lipinski definition) is 2. The number of nitrogens with zero attached hydrogens (tertiary/aromatic N) is 2. The van der Waals surface area contributed by atoms with Crippen molar-refractivity contribution in [3.8, 4) is 0 Å². The maximum atomic E-state index is 11.1. The van der Waals surface area contributed by atoms with E-state index in [4.69, 9.17) is 5.73 Å². The van der Waals surface area contributed by atoms with Gasteiger partial charge in [-0.15, -0.1) is 0 Å². The minimum absolute atomic E-state index is 0.270. The lowest BCUT2D eigenvalue weighted by atomic mass is 10.2. The van der Waals surface area contributed by atoms with Crippen LogP contribution in [0.2, 0.25) is 0 Å². The Hall–Kier alpha value is -1.36. The number of carbonyl (C=O) groups excluding carboxylic acids is 1. The summed E-state index contributed by atoms with van der Waals surface area (Å²) in [6, 6.07) is 1.75. The van der Waals surface area contributed by atoms with E-state index in [0.717, 1.165) is 17.9 Å². The van der Waals surface area contributed by atoms with E-state index < -0.39 is 0 Å². The minimum atomic E-state index is -0.302. The molecule has 5 nitrogen and oxygen atoms in total. The number of aromatic nitrogens is 2. The van der Waals surface area contributed by atoms with Crippen LogP contribution in [0.25, 0.3) is 0 Å². The normalized spacial score (nSPS) is 12.7. The van der Waals surface area contributed by atoms with Crippen LogP contribution in [0.3, 0.4) is 0 Å². The molecule has 0 bridgehead atoms. The number of primary amides is 1. The van der Waals surface area contributed by atoms with Crippen LogP contribution in [-0.4, -0.2) is 28.3 Å². The molecule has 1 heterocycles. The molecular weight excluding hydrogens is 204 g/mol. The summed E-state index contributed by atoms with van der Waals surface area (Å²) in [5, 5.41) is 7.40. The Bertz CT molecular complexity index is 359. The topological polar surface area (TPSA) is 72.9 Å². The highest BCUT2D eigenvalue weighted by atomic mass is 16.1.